The van der Waals surface area contributed by atoms with Crippen LogP contribution in [0.1, 0.15) is 23.2 Å². The van der Waals surface area contributed by atoms with E-state index in [2.05, 4.69) is 0 Å². The van der Waals surface area contributed by atoms with Crippen LogP contribution in [0.2, 0.25) is 0 Å². The van der Waals surface area contributed by atoms with Crippen molar-refractivity contribution >= 4 is 17.4 Å². The SMILES string of the molecule is O=C(O)CCC(=O)c1ccccc1-c1ccc([N+](=O)[O-])cc1F. The van der Waals surface area contributed by atoms with Crippen molar-refractivity contribution < 1.29 is 24.0 Å². The lowest BCUT2D eigenvalue weighted by atomic mass is 9.95. The van der Waals surface area contributed by atoms with Crippen LogP contribution in [0.15, 0.2) is 42.5 Å². The Morgan fingerprint density at radius 2 is 1.78 bits per heavy atom. The summed E-state index contributed by atoms with van der Waals surface area (Å²) < 4.78 is 14.1. The second-order valence-corrected chi connectivity index (χ2v) is 4.78. The van der Waals surface area contributed by atoms with Gasteiger partial charge in [-0.15, -0.1) is 0 Å². The molecule has 0 spiro atoms. The van der Waals surface area contributed by atoms with Crippen molar-refractivity contribution in [1.82, 2.24) is 0 Å². The zero-order valence-corrected chi connectivity index (χ0v) is 11.9. The van der Waals surface area contributed by atoms with Crippen LogP contribution >= 0.6 is 0 Å². The summed E-state index contributed by atoms with van der Waals surface area (Å²) in [5.74, 6) is -2.35. The summed E-state index contributed by atoms with van der Waals surface area (Å²) in [4.78, 5) is 32.6. The van der Waals surface area contributed by atoms with Gasteiger partial charge in [-0.25, -0.2) is 4.39 Å². The third-order valence-electron chi connectivity index (χ3n) is 3.25. The minimum absolute atomic E-state index is 0.0508. The van der Waals surface area contributed by atoms with Crippen molar-refractivity contribution in [2.75, 3.05) is 0 Å². The van der Waals surface area contributed by atoms with Gasteiger partial charge in [-0.2, -0.15) is 0 Å². The van der Waals surface area contributed by atoms with Crippen molar-refractivity contribution in [2.45, 2.75) is 12.8 Å². The minimum Gasteiger partial charge on any atom is -0.481 e. The van der Waals surface area contributed by atoms with Crippen LogP contribution in [0.4, 0.5) is 10.1 Å². The third-order valence-corrected chi connectivity index (χ3v) is 3.25. The highest BCUT2D eigenvalue weighted by atomic mass is 19.1. The zero-order chi connectivity index (χ0) is 17.0. The molecule has 2 aromatic carbocycles. The fourth-order valence-electron chi connectivity index (χ4n) is 2.15. The number of halogens is 1. The molecule has 2 rings (SSSR count). The zero-order valence-electron chi connectivity index (χ0n) is 11.9. The van der Waals surface area contributed by atoms with E-state index in [1.54, 1.807) is 12.1 Å². The number of nitrogens with zero attached hydrogens (tertiary/aromatic N) is 1. The Morgan fingerprint density at radius 3 is 2.39 bits per heavy atom. The molecule has 0 bridgehead atoms. The molecule has 0 unspecified atom stereocenters. The standard InChI is InChI=1S/C16H12FNO5/c17-14-9-10(18(22)23)5-6-12(14)11-3-1-2-4-13(11)15(19)7-8-16(20)21/h1-6,9H,7-8H2,(H,20,21). The van der Waals surface area contributed by atoms with E-state index in [9.17, 15) is 24.1 Å². The van der Waals surface area contributed by atoms with E-state index < -0.39 is 22.5 Å². The van der Waals surface area contributed by atoms with Crippen molar-refractivity contribution in [3.63, 3.8) is 0 Å². The number of carboxylic acids is 1. The first-order chi connectivity index (χ1) is 10.9. The molecular formula is C16H12FNO5. The number of Topliss-reactive ketones (excluding diaryl/α,β-unsaturated/α-hetero) is 1. The van der Waals surface area contributed by atoms with Gasteiger partial charge in [-0.05, 0) is 11.6 Å². The van der Waals surface area contributed by atoms with Gasteiger partial charge in [0.15, 0.2) is 5.78 Å². The van der Waals surface area contributed by atoms with Gasteiger partial charge in [0, 0.05) is 23.6 Å². The van der Waals surface area contributed by atoms with Gasteiger partial charge in [0.05, 0.1) is 17.4 Å². The minimum atomic E-state index is -1.10. The van der Waals surface area contributed by atoms with E-state index in [1.807, 2.05) is 0 Å². The number of hydrogen-bond acceptors (Lipinski definition) is 4. The lowest BCUT2D eigenvalue weighted by Crippen LogP contribution is -2.05. The third kappa shape index (κ3) is 3.76. The summed E-state index contributed by atoms with van der Waals surface area (Å²) in [5, 5.41) is 19.3. The van der Waals surface area contributed by atoms with E-state index in [-0.39, 0.29) is 35.2 Å². The number of rotatable bonds is 6. The summed E-state index contributed by atoms with van der Waals surface area (Å²) in [6.45, 7) is 0. The van der Waals surface area contributed by atoms with E-state index in [0.29, 0.717) is 0 Å². The summed E-state index contributed by atoms with van der Waals surface area (Å²) in [7, 11) is 0. The molecule has 118 valence electrons. The fourth-order valence-corrected chi connectivity index (χ4v) is 2.15. The number of carbonyl (C=O) groups excluding carboxylic acids is 1. The van der Waals surface area contributed by atoms with Crippen LogP contribution in [0, 0.1) is 15.9 Å². The molecule has 7 heteroatoms. The highest BCUT2D eigenvalue weighted by Crippen LogP contribution is 2.29. The second kappa shape index (κ2) is 6.78. The molecule has 0 fully saturated rings. The Morgan fingerprint density at radius 1 is 1.09 bits per heavy atom. The van der Waals surface area contributed by atoms with Crippen LogP contribution in [0.3, 0.4) is 0 Å². The van der Waals surface area contributed by atoms with Crippen molar-refractivity contribution in [2.24, 2.45) is 0 Å². The average molecular weight is 317 g/mol. The topological polar surface area (TPSA) is 97.5 Å². The number of non-ortho nitro benzene ring substituents is 1. The number of carboxylic acid groups (broad SMARTS) is 1. The van der Waals surface area contributed by atoms with Gasteiger partial charge < -0.3 is 5.11 Å². The molecule has 0 saturated heterocycles. The number of benzene rings is 2. The van der Waals surface area contributed by atoms with Crippen LogP contribution in [0.25, 0.3) is 11.1 Å². The lowest BCUT2D eigenvalue weighted by Gasteiger charge is -2.09. The Balaban J connectivity index is 2.43. The van der Waals surface area contributed by atoms with Crippen LogP contribution in [-0.4, -0.2) is 21.8 Å². The highest BCUT2D eigenvalue weighted by Gasteiger charge is 2.18. The maximum Gasteiger partial charge on any atom is 0.303 e. The highest BCUT2D eigenvalue weighted by molar-refractivity contribution is 6.03. The van der Waals surface area contributed by atoms with Crippen LogP contribution in [-0.2, 0) is 4.79 Å². The van der Waals surface area contributed by atoms with E-state index in [4.69, 9.17) is 5.11 Å². The fraction of sp³-hybridized carbons (Fsp3) is 0.125. The van der Waals surface area contributed by atoms with Gasteiger partial charge in [0.1, 0.15) is 5.82 Å². The van der Waals surface area contributed by atoms with Gasteiger partial charge in [-0.1, -0.05) is 24.3 Å². The molecule has 0 aliphatic rings. The molecule has 0 heterocycles. The predicted molar refractivity (Wildman–Crippen MR) is 79.7 cm³/mol. The lowest BCUT2D eigenvalue weighted by molar-refractivity contribution is -0.385. The number of aliphatic carboxylic acids is 1. The average Bonchev–Trinajstić information content (AvgIpc) is 2.52. The summed E-state index contributed by atoms with van der Waals surface area (Å²) in [6, 6.07) is 9.34. The smallest absolute Gasteiger partial charge is 0.303 e. The normalized spacial score (nSPS) is 10.3. The van der Waals surface area contributed by atoms with Crippen molar-refractivity contribution in [1.29, 1.82) is 0 Å². The number of nitro benzene ring substituents is 1. The molecule has 23 heavy (non-hydrogen) atoms. The van der Waals surface area contributed by atoms with E-state index >= 15 is 0 Å². The van der Waals surface area contributed by atoms with Crippen LogP contribution < -0.4 is 0 Å². The van der Waals surface area contributed by atoms with Crippen molar-refractivity contribution in [3.05, 3.63) is 64.0 Å². The Kier molecular flexibility index (Phi) is 4.80. The first-order valence-electron chi connectivity index (χ1n) is 6.68. The van der Waals surface area contributed by atoms with Gasteiger partial charge in [-0.3, -0.25) is 19.7 Å². The molecular weight excluding hydrogens is 305 g/mol. The maximum absolute atomic E-state index is 14.1. The molecule has 6 nitrogen and oxygen atoms in total. The Bertz CT molecular complexity index is 788. The second-order valence-electron chi connectivity index (χ2n) is 4.78. The summed E-state index contributed by atoms with van der Waals surface area (Å²) >= 11 is 0. The number of carbonyl (C=O) groups is 2. The van der Waals surface area contributed by atoms with Crippen molar-refractivity contribution in [3.8, 4) is 11.1 Å². The monoisotopic (exact) mass is 317 g/mol. The summed E-state index contributed by atoms with van der Waals surface area (Å²) in [6.07, 6.45) is -0.531. The molecule has 0 aliphatic heterocycles. The Hall–Kier alpha value is -3.09. The van der Waals surface area contributed by atoms with Gasteiger partial charge in [0.2, 0.25) is 0 Å². The molecule has 0 amide bonds. The number of ketones is 1. The Labute approximate surface area is 130 Å². The quantitative estimate of drug-likeness (QED) is 0.500. The predicted octanol–water partition coefficient (Wildman–Crippen LogP) is 3.45. The largest absolute Gasteiger partial charge is 0.481 e. The molecule has 2 aromatic rings. The number of hydrogen-bond donors (Lipinski definition) is 1. The first kappa shape index (κ1) is 16.3. The molecule has 0 saturated carbocycles. The van der Waals surface area contributed by atoms with Crippen LogP contribution in [0.5, 0.6) is 0 Å². The molecule has 0 radical (unpaired) electrons. The van der Waals surface area contributed by atoms with Gasteiger partial charge >= 0.3 is 5.97 Å². The molecule has 0 aliphatic carbocycles. The van der Waals surface area contributed by atoms with E-state index in [1.165, 1.54) is 18.2 Å². The number of nitro groups is 1. The molecule has 0 atom stereocenters. The first-order valence-corrected chi connectivity index (χ1v) is 6.68. The van der Waals surface area contributed by atoms with E-state index in [0.717, 1.165) is 12.1 Å². The summed E-state index contributed by atoms with van der Waals surface area (Å²) in [5.41, 5.74) is 0.118. The van der Waals surface area contributed by atoms with Gasteiger partial charge in [0.25, 0.3) is 5.69 Å². The maximum atomic E-state index is 14.1. The molecule has 0 aromatic heterocycles. The molecule has 1 N–H and O–H groups in total.